The van der Waals surface area contributed by atoms with Gasteiger partial charge >= 0.3 is 5.97 Å². The van der Waals surface area contributed by atoms with Crippen LogP contribution in [0, 0.1) is 5.92 Å². The summed E-state index contributed by atoms with van der Waals surface area (Å²) in [6.45, 7) is 2.24. The number of rotatable bonds is 1. The van der Waals surface area contributed by atoms with Gasteiger partial charge in [-0.1, -0.05) is 6.92 Å². The van der Waals surface area contributed by atoms with Gasteiger partial charge in [-0.2, -0.15) is 0 Å². The van der Waals surface area contributed by atoms with Crippen LogP contribution in [0.15, 0.2) is 0 Å². The molecule has 1 spiro atoms. The van der Waals surface area contributed by atoms with E-state index < -0.39 is 5.97 Å². The lowest BCUT2D eigenvalue weighted by molar-refractivity contribution is -0.138. The van der Waals surface area contributed by atoms with Crippen molar-refractivity contribution in [1.29, 1.82) is 0 Å². The van der Waals surface area contributed by atoms with Crippen molar-refractivity contribution in [3.05, 3.63) is 0 Å². The summed E-state index contributed by atoms with van der Waals surface area (Å²) in [4.78, 5) is 10.8. The maximum absolute atomic E-state index is 10.7. The minimum atomic E-state index is -0.705. The number of aliphatic carboxylic acids is 1. The Bertz CT molecular complexity index is 234. The van der Waals surface area contributed by atoms with Crippen LogP contribution in [0.5, 0.6) is 0 Å². The molecule has 2 fully saturated rings. The van der Waals surface area contributed by atoms with Gasteiger partial charge < -0.3 is 5.11 Å². The van der Waals surface area contributed by atoms with E-state index >= 15 is 0 Å². The van der Waals surface area contributed by atoms with E-state index in [-0.39, 0.29) is 10.9 Å². The zero-order valence-corrected chi connectivity index (χ0v) is 8.56. The van der Waals surface area contributed by atoms with Crippen molar-refractivity contribution in [3.8, 4) is 0 Å². The summed E-state index contributed by atoms with van der Waals surface area (Å²) in [5.74, 6) is 0.763. The molecule has 0 amide bonds. The molecule has 0 aromatic rings. The van der Waals surface area contributed by atoms with Crippen molar-refractivity contribution < 1.29 is 9.90 Å². The molecule has 0 aromatic heterocycles. The molecule has 2 unspecified atom stereocenters. The number of hydrogen-bond acceptors (Lipinski definition) is 3. The molecule has 0 radical (unpaired) electrons. The van der Waals surface area contributed by atoms with Crippen LogP contribution in [-0.4, -0.2) is 27.7 Å². The van der Waals surface area contributed by atoms with E-state index in [4.69, 9.17) is 5.11 Å². The van der Waals surface area contributed by atoms with Crippen LogP contribution in [-0.2, 0) is 4.79 Å². The Morgan fingerprint density at radius 2 is 2.46 bits per heavy atom. The smallest absolute Gasteiger partial charge is 0.321 e. The van der Waals surface area contributed by atoms with E-state index in [2.05, 4.69) is 12.2 Å². The topological polar surface area (TPSA) is 49.3 Å². The van der Waals surface area contributed by atoms with Crippen LogP contribution >= 0.6 is 11.8 Å². The Labute approximate surface area is 82.3 Å². The second-order valence-corrected chi connectivity index (χ2v) is 5.59. The number of nitrogens with one attached hydrogen (secondary N) is 1. The zero-order valence-electron chi connectivity index (χ0n) is 7.75. The van der Waals surface area contributed by atoms with Gasteiger partial charge in [0.05, 0.1) is 4.87 Å². The first-order valence-corrected chi connectivity index (χ1v) is 5.74. The molecule has 13 heavy (non-hydrogen) atoms. The average Bonchev–Trinajstić information content (AvgIpc) is 2.61. The van der Waals surface area contributed by atoms with Crippen LogP contribution in [0.1, 0.15) is 26.2 Å². The largest absolute Gasteiger partial charge is 0.480 e. The third kappa shape index (κ3) is 1.70. The molecule has 0 aromatic carbocycles. The minimum absolute atomic E-state index is 0.0997. The van der Waals surface area contributed by atoms with Gasteiger partial charge in [0.15, 0.2) is 0 Å². The Kier molecular flexibility index (Phi) is 2.28. The first-order chi connectivity index (χ1) is 6.11. The van der Waals surface area contributed by atoms with E-state index in [0.717, 1.165) is 24.5 Å². The van der Waals surface area contributed by atoms with Gasteiger partial charge in [0, 0.05) is 5.75 Å². The van der Waals surface area contributed by atoms with Crippen molar-refractivity contribution in [3.63, 3.8) is 0 Å². The number of hydrogen-bond donors (Lipinski definition) is 2. The van der Waals surface area contributed by atoms with Crippen molar-refractivity contribution in [2.75, 3.05) is 5.75 Å². The quantitative estimate of drug-likeness (QED) is 0.671. The molecule has 1 aliphatic heterocycles. The number of carbonyl (C=O) groups is 1. The highest BCUT2D eigenvalue weighted by Gasteiger charge is 2.45. The molecular weight excluding hydrogens is 186 g/mol. The van der Waals surface area contributed by atoms with Gasteiger partial charge in [0.25, 0.3) is 0 Å². The van der Waals surface area contributed by atoms with Crippen LogP contribution in [0.4, 0.5) is 0 Å². The summed E-state index contributed by atoms with van der Waals surface area (Å²) < 4.78 is 0. The normalized spacial score (nSPS) is 44.4. The molecule has 2 rings (SSSR count). The first-order valence-electron chi connectivity index (χ1n) is 4.76. The highest BCUT2D eigenvalue weighted by molar-refractivity contribution is 8.01. The fourth-order valence-electron chi connectivity index (χ4n) is 2.29. The average molecular weight is 201 g/mol. The van der Waals surface area contributed by atoms with Crippen molar-refractivity contribution in [2.24, 2.45) is 5.92 Å². The van der Waals surface area contributed by atoms with Crippen molar-refractivity contribution in [1.82, 2.24) is 5.32 Å². The molecular formula is C9H15NO2S. The number of carboxylic acid groups (broad SMARTS) is 1. The van der Waals surface area contributed by atoms with Gasteiger partial charge in [-0.15, -0.1) is 11.8 Å². The molecule has 0 bridgehead atoms. The lowest BCUT2D eigenvalue weighted by atomic mass is 10.1. The van der Waals surface area contributed by atoms with E-state index in [0.29, 0.717) is 0 Å². The second kappa shape index (κ2) is 3.17. The third-order valence-corrected chi connectivity index (χ3v) is 4.52. The fourth-order valence-corrected chi connectivity index (χ4v) is 3.89. The molecule has 3 atom stereocenters. The van der Waals surface area contributed by atoms with E-state index in [1.54, 1.807) is 11.8 Å². The Morgan fingerprint density at radius 3 is 2.92 bits per heavy atom. The molecule has 1 saturated heterocycles. The Balaban J connectivity index is 2.01. The van der Waals surface area contributed by atoms with Crippen LogP contribution in [0.25, 0.3) is 0 Å². The molecule has 4 heteroatoms. The lowest BCUT2D eigenvalue weighted by Gasteiger charge is -2.23. The molecule has 74 valence electrons. The van der Waals surface area contributed by atoms with Gasteiger partial charge in [0.2, 0.25) is 0 Å². The van der Waals surface area contributed by atoms with Gasteiger partial charge in [-0.25, -0.2) is 0 Å². The molecule has 3 nitrogen and oxygen atoms in total. The van der Waals surface area contributed by atoms with Crippen LogP contribution in [0.3, 0.4) is 0 Å². The standard InChI is InChI=1S/C9H15NO2S/c1-6-2-3-9(4-6)10-7(5-13-9)8(11)12/h6-7,10H,2-5H2,1H3,(H,11,12)/t6?,7-,9?/m0/s1. The first kappa shape index (κ1) is 9.34. The predicted octanol–water partition coefficient (Wildman–Crippen LogP) is 1.29. The highest BCUT2D eigenvalue weighted by Crippen LogP contribution is 2.45. The molecule has 1 aliphatic carbocycles. The van der Waals surface area contributed by atoms with Gasteiger partial charge in [-0.05, 0) is 25.2 Å². The maximum Gasteiger partial charge on any atom is 0.321 e. The fraction of sp³-hybridized carbons (Fsp3) is 0.889. The zero-order chi connectivity index (χ0) is 9.47. The van der Waals surface area contributed by atoms with Crippen LogP contribution < -0.4 is 5.32 Å². The summed E-state index contributed by atoms with van der Waals surface area (Å²) in [6.07, 6.45) is 3.48. The maximum atomic E-state index is 10.7. The van der Waals surface area contributed by atoms with Gasteiger partial charge in [0.1, 0.15) is 6.04 Å². The highest BCUT2D eigenvalue weighted by atomic mass is 32.2. The molecule has 2 N–H and O–H groups in total. The molecule has 1 saturated carbocycles. The summed E-state index contributed by atoms with van der Waals surface area (Å²) >= 11 is 1.80. The number of thioether (sulfide) groups is 1. The third-order valence-electron chi connectivity index (χ3n) is 2.98. The van der Waals surface area contributed by atoms with E-state index in [1.165, 1.54) is 6.42 Å². The summed E-state index contributed by atoms with van der Waals surface area (Å²) in [7, 11) is 0. The van der Waals surface area contributed by atoms with E-state index in [1.807, 2.05) is 0 Å². The van der Waals surface area contributed by atoms with E-state index in [9.17, 15) is 4.79 Å². The summed E-state index contributed by atoms with van der Waals surface area (Å²) in [6, 6.07) is -0.324. The molecule has 2 aliphatic rings. The van der Waals surface area contributed by atoms with Crippen molar-refractivity contribution >= 4 is 17.7 Å². The van der Waals surface area contributed by atoms with Crippen molar-refractivity contribution in [2.45, 2.75) is 37.1 Å². The second-order valence-electron chi connectivity index (χ2n) is 4.19. The van der Waals surface area contributed by atoms with Gasteiger partial charge in [-0.3, -0.25) is 10.1 Å². The summed E-state index contributed by atoms with van der Waals surface area (Å²) in [5, 5.41) is 12.1. The minimum Gasteiger partial charge on any atom is -0.480 e. The lowest BCUT2D eigenvalue weighted by Crippen LogP contribution is -2.43. The monoisotopic (exact) mass is 201 g/mol. The Morgan fingerprint density at radius 1 is 1.69 bits per heavy atom. The molecule has 1 heterocycles. The predicted molar refractivity (Wildman–Crippen MR) is 52.8 cm³/mol. The number of carboxylic acids is 1. The van der Waals surface area contributed by atoms with Crippen LogP contribution in [0.2, 0.25) is 0 Å². The SMILES string of the molecule is CC1CCC2(C1)N[C@H](C(=O)O)CS2. The summed E-state index contributed by atoms with van der Waals surface area (Å²) in [5.41, 5.74) is 0. The Hall–Kier alpha value is -0.220.